The normalized spacial score (nSPS) is 11.4. The van der Waals surface area contributed by atoms with Crippen LogP contribution in [0.25, 0.3) is 0 Å². The third kappa shape index (κ3) is 3.46. The molecule has 0 atom stereocenters. The number of allylic oxidation sites excluding steroid dienone is 1. The van der Waals surface area contributed by atoms with Crippen molar-refractivity contribution in [3.63, 3.8) is 0 Å². The van der Waals surface area contributed by atoms with Crippen LogP contribution in [-0.2, 0) is 9.22 Å². The Hall–Kier alpha value is -2.91. The smallest absolute Gasteiger partial charge is 0.350 e. The minimum absolute atomic E-state index is 0.314. The number of hydrogen-bond acceptors (Lipinski definition) is 2. The third-order valence-corrected chi connectivity index (χ3v) is 8.04. The Morgan fingerprint density at radius 2 is 1.08 bits per heavy atom. The zero-order valence-electron chi connectivity index (χ0n) is 14.1. The number of carbonyl (C=O) groups excluding carboxylic acids is 1. The van der Waals surface area contributed by atoms with Gasteiger partial charge in [0.2, 0.25) is 0 Å². The molecule has 0 aromatic heterocycles. The fraction of sp³-hybridized carbons (Fsp3) is 0.0455. The van der Waals surface area contributed by atoms with E-state index in [9.17, 15) is 4.79 Å². The fourth-order valence-electron chi connectivity index (χ4n) is 3.02. The molecule has 0 aliphatic heterocycles. The second-order valence-corrected chi connectivity index (χ2v) is 9.00. The van der Waals surface area contributed by atoms with Gasteiger partial charge in [0.1, 0.15) is 0 Å². The zero-order chi connectivity index (χ0) is 17.5. The lowest BCUT2D eigenvalue weighted by molar-refractivity contribution is -0.129. The maximum atomic E-state index is 12.5. The molecule has 3 aromatic rings. The highest BCUT2D eigenvalue weighted by molar-refractivity contribution is 7.07. The lowest BCUT2D eigenvalue weighted by atomic mass is 10.3. The summed E-state index contributed by atoms with van der Waals surface area (Å²) in [6, 6.07) is 30.2. The molecule has 25 heavy (non-hydrogen) atoms. The fourth-order valence-corrected chi connectivity index (χ4v) is 6.73. The summed E-state index contributed by atoms with van der Waals surface area (Å²) in [7, 11) is -2.92. The predicted octanol–water partition coefficient (Wildman–Crippen LogP) is 2.77. The molecule has 3 heteroatoms. The largest absolute Gasteiger partial charge is 0.502 e. The van der Waals surface area contributed by atoms with Crippen molar-refractivity contribution >= 4 is 29.8 Å². The molecule has 0 amide bonds. The molecular weight excluding hydrogens is 324 g/mol. The van der Waals surface area contributed by atoms with Gasteiger partial charge in [-0.3, -0.25) is 0 Å². The van der Waals surface area contributed by atoms with Crippen LogP contribution in [0.15, 0.2) is 103 Å². The van der Waals surface area contributed by atoms with Gasteiger partial charge in [0, 0.05) is 6.08 Å². The van der Waals surface area contributed by atoms with Crippen LogP contribution in [0, 0.1) is 0 Å². The van der Waals surface area contributed by atoms with E-state index in [-0.39, 0.29) is 5.97 Å². The SMILES string of the molecule is CC=CC(=O)O[Si](c1ccccc1)(c1ccccc1)c1ccccc1. The Kier molecular flexibility index (Phi) is 5.26. The minimum atomic E-state index is -2.92. The van der Waals surface area contributed by atoms with Gasteiger partial charge in [-0.05, 0) is 22.5 Å². The van der Waals surface area contributed by atoms with Crippen LogP contribution in [0.2, 0.25) is 0 Å². The highest BCUT2D eigenvalue weighted by atomic mass is 28.4. The van der Waals surface area contributed by atoms with Crippen LogP contribution in [0.5, 0.6) is 0 Å². The third-order valence-electron chi connectivity index (χ3n) is 4.10. The van der Waals surface area contributed by atoms with Gasteiger partial charge in [-0.15, -0.1) is 0 Å². The molecular formula is C22H20O2Si. The quantitative estimate of drug-likeness (QED) is 0.404. The molecule has 0 bridgehead atoms. The summed E-state index contributed by atoms with van der Waals surface area (Å²) in [4.78, 5) is 12.5. The molecule has 2 nitrogen and oxygen atoms in total. The molecule has 3 aromatic carbocycles. The molecule has 0 N–H and O–H groups in total. The maximum absolute atomic E-state index is 12.5. The Morgan fingerprint density at radius 1 is 0.720 bits per heavy atom. The van der Waals surface area contributed by atoms with Crippen molar-refractivity contribution in [3.8, 4) is 0 Å². The van der Waals surface area contributed by atoms with E-state index in [2.05, 4.69) is 36.4 Å². The van der Waals surface area contributed by atoms with Crippen LogP contribution in [-0.4, -0.2) is 14.3 Å². The van der Waals surface area contributed by atoms with Crippen molar-refractivity contribution in [2.45, 2.75) is 6.92 Å². The summed E-state index contributed by atoms with van der Waals surface area (Å²) in [6.07, 6.45) is 3.19. The van der Waals surface area contributed by atoms with E-state index < -0.39 is 8.32 Å². The van der Waals surface area contributed by atoms with Crippen molar-refractivity contribution in [1.82, 2.24) is 0 Å². The van der Waals surface area contributed by atoms with E-state index in [1.54, 1.807) is 6.08 Å². The van der Waals surface area contributed by atoms with Crippen molar-refractivity contribution in [2.24, 2.45) is 0 Å². The van der Waals surface area contributed by atoms with Crippen molar-refractivity contribution < 1.29 is 9.22 Å². The number of benzene rings is 3. The average Bonchev–Trinajstić information content (AvgIpc) is 2.68. The zero-order valence-corrected chi connectivity index (χ0v) is 15.1. The van der Waals surface area contributed by atoms with E-state index in [1.165, 1.54) is 6.08 Å². The Morgan fingerprint density at radius 3 is 1.40 bits per heavy atom. The molecule has 0 aliphatic rings. The molecule has 0 spiro atoms. The van der Waals surface area contributed by atoms with Gasteiger partial charge >= 0.3 is 14.3 Å². The number of hydrogen-bond donors (Lipinski definition) is 0. The first-order valence-corrected chi connectivity index (χ1v) is 10.2. The summed E-state index contributed by atoms with van der Waals surface area (Å²) in [5, 5.41) is 3.14. The standard InChI is InChI=1S/C22H20O2Si/c1-2-12-22(23)24-25(19-13-6-3-7-14-19,20-15-8-4-9-16-20)21-17-10-5-11-18-21/h2-18H,1H3. The Balaban J connectivity index is 2.29. The van der Waals surface area contributed by atoms with Gasteiger partial charge < -0.3 is 4.43 Å². The van der Waals surface area contributed by atoms with Crippen LogP contribution in [0.1, 0.15) is 6.92 Å². The first-order valence-electron chi connectivity index (χ1n) is 8.29. The lowest BCUT2D eigenvalue weighted by Gasteiger charge is -2.32. The van der Waals surface area contributed by atoms with Gasteiger partial charge in [-0.25, -0.2) is 4.79 Å². The molecule has 0 saturated heterocycles. The van der Waals surface area contributed by atoms with Crippen molar-refractivity contribution in [3.05, 3.63) is 103 Å². The molecule has 0 fully saturated rings. The van der Waals surface area contributed by atoms with Crippen molar-refractivity contribution in [1.29, 1.82) is 0 Å². The highest BCUT2D eigenvalue weighted by Gasteiger charge is 2.44. The van der Waals surface area contributed by atoms with Gasteiger partial charge in [-0.1, -0.05) is 97.1 Å². The molecule has 0 aliphatic carbocycles. The van der Waals surface area contributed by atoms with Crippen molar-refractivity contribution in [2.75, 3.05) is 0 Å². The van der Waals surface area contributed by atoms with Gasteiger partial charge in [0.05, 0.1) is 0 Å². The van der Waals surface area contributed by atoms with E-state index in [0.29, 0.717) is 0 Å². The number of carbonyl (C=O) groups is 1. The predicted molar refractivity (Wildman–Crippen MR) is 105 cm³/mol. The second kappa shape index (κ2) is 7.77. The Bertz CT molecular complexity index is 746. The number of rotatable bonds is 5. The highest BCUT2D eigenvalue weighted by Crippen LogP contribution is 2.10. The molecule has 0 radical (unpaired) electrons. The maximum Gasteiger partial charge on any atom is 0.350 e. The van der Waals surface area contributed by atoms with Gasteiger partial charge in [-0.2, -0.15) is 0 Å². The van der Waals surface area contributed by atoms with E-state index in [0.717, 1.165) is 15.6 Å². The van der Waals surface area contributed by atoms with E-state index >= 15 is 0 Å². The summed E-state index contributed by atoms with van der Waals surface area (Å²) in [6.45, 7) is 1.82. The summed E-state index contributed by atoms with van der Waals surface area (Å²) < 4.78 is 6.25. The van der Waals surface area contributed by atoms with Crippen LogP contribution in [0.4, 0.5) is 0 Å². The molecule has 0 unspecified atom stereocenters. The molecule has 124 valence electrons. The summed E-state index contributed by atoms with van der Waals surface area (Å²) in [5.41, 5.74) is 0. The summed E-state index contributed by atoms with van der Waals surface area (Å²) >= 11 is 0. The summed E-state index contributed by atoms with van der Waals surface area (Å²) in [5.74, 6) is -0.314. The molecule has 3 rings (SSSR count). The first kappa shape index (κ1) is 16.9. The Labute approximate surface area is 149 Å². The minimum Gasteiger partial charge on any atom is -0.502 e. The van der Waals surface area contributed by atoms with Crippen LogP contribution < -0.4 is 15.6 Å². The van der Waals surface area contributed by atoms with E-state index in [4.69, 9.17) is 4.43 Å². The molecule has 0 heterocycles. The van der Waals surface area contributed by atoms with Gasteiger partial charge in [0.25, 0.3) is 0 Å². The second-order valence-electron chi connectivity index (χ2n) is 5.70. The lowest BCUT2D eigenvalue weighted by Crippen LogP contribution is -2.69. The van der Waals surface area contributed by atoms with E-state index in [1.807, 2.05) is 61.5 Å². The molecule has 0 saturated carbocycles. The van der Waals surface area contributed by atoms with Crippen LogP contribution >= 0.6 is 0 Å². The van der Waals surface area contributed by atoms with Gasteiger partial charge in [0.15, 0.2) is 0 Å². The monoisotopic (exact) mass is 344 g/mol. The topological polar surface area (TPSA) is 26.3 Å². The van der Waals surface area contributed by atoms with Crippen LogP contribution in [0.3, 0.4) is 0 Å². The first-order chi connectivity index (χ1) is 12.3. The average molecular weight is 344 g/mol.